The molecule has 20 heavy (non-hydrogen) atoms. The number of nitrogen functional groups attached to an aromatic ring is 1. The molecule has 6 heteroatoms. The molecule has 0 bridgehead atoms. The fourth-order valence-corrected chi connectivity index (χ4v) is 4.74. The number of rotatable bonds is 5. The Bertz CT molecular complexity index is 565. The molecule has 2 N–H and O–H groups in total. The average molecular weight is 314 g/mol. The molecular weight excluding hydrogens is 292 g/mol. The first-order valence-electron chi connectivity index (χ1n) is 6.86. The maximum Gasteiger partial charge on any atom is 0.244 e. The van der Waals surface area contributed by atoms with Crippen molar-refractivity contribution in [2.45, 2.75) is 35.5 Å². The molecular formula is C14H22N2O2S2. The minimum absolute atomic E-state index is 0.207. The molecule has 0 saturated heterocycles. The Morgan fingerprint density at radius 2 is 1.95 bits per heavy atom. The Morgan fingerprint density at radius 3 is 2.55 bits per heavy atom. The molecule has 0 radical (unpaired) electrons. The van der Waals surface area contributed by atoms with Gasteiger partial charge in [-0.15, -0.1) is 11.8 Å². The van der Waals surface area contributed by atoms with Crippen LogP contribution in [0.15, 0.2) is 28.0 Å². The van der Waals surface area contributed by atoms with Crippen molar-refractivity contribution in [3.8, 4) is 0 Å². The van der Waals surface area contributed by atoms with E-state index < -0.39 is 10.0 Å². The summed E-state index contributed by atoms with van der Waals surface area (Å²) in [4.78, 5) is 1.08. The molecule has 0 unspecified atom stereocenters. The molecule has 0 heterocycles. The van der Waals surface area contributed by atoms with E-state index in [1.54, 1.807) is 23.9 Å². The second-order valence-corrected chi connectivity index (χ2v) is 8.60. The first kappa shape index (κ1) is 15.7. The van der Waals surface area contributed by atoms with Crippen molar-refractivity contribution in [1.82, 2.24) is 4.31 Å². The van der Waals surface area contributed by atoms with Gasteiger partial charge in [0, 0.05) is 24.7 Å². The molecule has 2 rings (SSSR count). The summed E-state index contributed by atoms with van der Waals surface area (Å²) in [6, 6.07) is 5.25. The summed E-state index contributed by atoms with van der Waals surface area (Å²) < 4.78 is 25.6. The number of benzene rings is 1. The van der Waals surface area contributed by atoms with Crippen LogP contribution in [0.5, 0.6) is 0 Å². The van der Waals surface area contributed by atoms with E-state index in [0.29, 0.717) is 5.69 Å². The van der Waals surface area contributed by atoms with Crippen LogP contribution in [0.3, 0.4) is 0 Å². The van der Waals surface area contributed by atoms with Gasteiger partial charge >= 0.3 is 0 Å². The van der Waals surface area contributed by atoms with Crippen LogP contribution in [0.25, 0.3) is 0 Å². The van der Waals surface area contributed by atoms with Crippen molar-refractivity contribution in [3.05, 3.63) is 18.2 Å². The van der Waals surface area contributed by atoms with Gasteiger partial charge in [-0.3, -0.25) is 0 Å². The van der Waals surface area contributed by atoms with Crippen molar-refractivity contribution in [2.24, 2.45) is 5.92 Å². The summed E-state index contributed by atoms with van der Waals surface area (Å²) in [5.74, 6) is 1.77. The van der Waals surface area contributed by atoms with E-state index in [2.05, 4.69) is 0 Å². The lowest BCUT2D eigenvalue weighted by Crippen LogP contribution is -2.23. The molecule has 0 aliphatic heterocycles. The zero-order chi connectivity index (χ0) is 14.8. The lowest BCUT2D eigenvalue weighted by atomic mass is 10.1. The molecule has 1 fully saturated rings. The quantitative estimate of drug-likeness (QED) is 0.670. The van der Waals surface area contributed by atoms with E-state index in [1.807, 2.05) is 6.07 Å². The highest BCUT2D eigenvalue weighted by molar-refractivity contribution is 7.99. The zero-order valence-electron chi connectivity index (χ0n) is 12.0. The standard InChI is InChI=1S/C14H22N2O2S2/c1-16(2)20(17,18)13-9-5-8-12(14(13)15)19-10-11-6-3-4-7-11/h5,8-9,11H,3-4,6-7,10,15H2,1-2H3. The molecule has 1 aliphatic rings. The number of anilines is 1. The van der Waals surface area contributed by atoms with Gasteiger partial charge in [-0.25, -0.2) is 12.7 Å². The van der Waals surface area contributed by atoms with Crippen molar-refractivity contribution in [3.63, 3.8) is 0 Å². The fourth-order valence-electron chi connectivity index (χ4n) is 2.46. The Kier molecular flexibility index (Phi) is 4.99. The molecule has 0 spiro atoms. The van der Waals surface area contributed by atoms with Crippen LogP contribution in [0.1, 0.15) is 25.7 Å². The highest BCUT2D eigenvalue weighted by atomic mass is 32.2. The van der Waals surface area contributed by atoms with Crippen molar-refractivity contribution in [1.29, 1.82) is 0 Å². The molecule has 112 valence electrons. The molecule has 4 nitrogen and oxygen atoms in total. The van der Waals surface area contributed by atoms with E-state index in [9.17, 15) is 8.42 Å². The third-order valence-corrected chi connectivity index (χ3v) is 6.91. The Hall–Kier alpha value is -0.720. The van der Waals surface area contributed by atoms with Gasteiger partial charge in [0.15, 0.2) is 0 Å². The molecule has 1 aliphatic carbocycles. The van der Waals surface area contributed by atoms with Gasteiger partial charge in [-0.2, -0.15) is 0 Å². The van der Waals surface area contributed by atoms with Crippen molar-refractivity contribution >= 4 is 27.5 Å². The van der Waals surface area contributed by atoms with Crippen LogP contribution < -0.4 is 5.73 Å². The van der Waals surface area contributed by atoms with Gasteiger partial charge in [0.1, 0.15) is 4.90 Å². The van der Waals surface area contributed by atoms with Crippen LogP contribution in [-0.2, 0) is 10.0 Å². The lowest BCUT2D eigenvalue weighted by Gasteiger charge is -2.16. The number of sulfonamides is 1. The SMILES string of the molecule is CN(C)S(=O)(=O)c1cccc(SCC2CCCC2)c1N. The van der Waals surface area contributed by atoms with Gasteiger partial charge in [-0.1, -0.05) is 18.9 Å². The highest BCUT2D eigenvalue weighted by Crippen LogP contribution is 2.35. The number of hydrogen-bond donors (Lipinski definition) is 1. The van der Waals surface area contributed by atoms with Gasteiger partial charge < -0.3 is 5.73 Å². The van der Waals surface area contributed by atoms with E-state index in [0.717, 1.165) is 16.6 Å². The second-order valence-electron chi connectivity index (χ2n) is 5.42. The maximum atomic E-state index is 12.2. The van der Waals surface area contributed by atoms with Crippen molar-refractivity contribution in [2.75, 3.05) is 25.6 Å². The lowest BCUT2D eigenvalue weighted by molar-refractivity contribution is 0.521. The van der Waals surface area contributed by atoms with Crippen LogP contribution in [-0.4, -0.2) is 32.6 Å². The fraction of sp³-hybridized carbons (Fsp3) is 0.571. The molecule has 1 aromatic rings. The first-order valence-corrected chi connectivity index (χ1v) is 9.29. The predicted molar refractivity (Wildman–Crippen MR) is 84.4 cm³/mol. The largest absolute Gasteiger partial charge is 0.397 e. The maximum absolute atomic E-state index is 12.2. The topological polar surface area (TPSA) is 63.4 Å². The van der Waals surface area contributed by atoms with Crippen LogP contribution in [0.2, 0.25) is 0 Å². The summed E-state index contributed by atoms with van der Waals surface area (Å²) in [6.07, 6.45) is 5.19. The number of nitrogens with zero attached hydrogens (tertiary/aromatic N) is 1. The molecule has 0 amide bonds. The van der Waals surface area contributed by atoms with Gasteiger partial charge in [0.2, 0.25) is 10.0 Å². The second kappa shape index (κ2) is 6.37. The van der Waals surface area contributed by atoms with E-state index in [1.165, 1.54) is 44.1 Å². The molecule has 0 atom stereocenters. The summed E-state index contributed by atoms with van der Waals surface area (Å²) in [6.45, 7) is 0. The Morgan fingerprint density at radius 1 is 1.30 bits per heavy atom. The minimum Gasteiger partial charge on any atom is -0.397 e. The van der Waals surface area contributed by atoms with Gasteiger partial charge in [0.05, 0.1) is 5.69 Å². The van der Waals surface area contributed by atoms with E-state index >= 15 is 0 Å². The summed E-state index contributed by atoms with van der Waals surface area (Å²) in [7, 11) is -0.431. The van der Waals surface area contributed by atoms with Crippen LogP contribution in [0, 0.1) is 5.92 Å². The van der Waals surface area contributed by atoms with E-state index in [-0.39, 0.29) is 4.90 Å². The number of para-hydroxylation sites is 1. The minimum atomic E-state index is -3.47. The van der Waals surface area contributed by atoms with Crippen LogP contribution >= 0.6 is 11.8 Å². The Labute approximate surface area is 125 Å². The predicted octanol–water partition coefficient (Wildman–Crippen LogP) is 2.80. The summed E-state index contributed by atoms with van der Waals surface area (Å²) in [5.41, 5.74) is 6.44. The first-order chi connectivity index (χ1) is 9.43. The number of thioether (sulfide) groups is 1. The zero-order valence-corrected chi connectivity index (χ0v) is 13.6. The van der Waals surface area contributed by atoms with Crippen LogP contribution in [0.4, 0.5) is 5.69 Å². The summed E-state index contributed by atoms with van der Waals surface area (Å²) in [5, 5.41) is 0. The molecule has 1 aromatic carbocycles. The Balaban J connectivity index is 2.19. The number of hydrogen-bond acceptors (Lipinski definition) is 4. The molecule has 1 saturated carbocycles. The van der Waals surface area contributed by atoms with Gasteiger partial charge in [-0.05, 0) is 30.9 Å². The van der Waals surface area contributed by atoms with Crippen molar-refractivity contribution < 1.29 is 8.42 Å². The number of nitrogens with two attached hydrogens (primary N) is 1. The smallest absolute Gasteiger partial charge is 0.244 e. The summed E-state index contributed by atoms with van der Waals surface area (Å²) >= 11 is 1.68. The van der Waals surface area contributed by atoms with E-state index in [4.69, 9.17) is 5.73 Å². The monoisotopic (exact) mass is 314 g/mol. The van der Waals surface area contributed by atoms with Gasteiger partial charge in [0.25, 0.3) is 0 Å². The third-order valence-electron chi connectivity index (χ3n) is 3.73. The molecule has 0 aromatic heterocycles. The highest BCUT2D eigenvalue weighted by Gasteiger charge is 2.22. The normalized spacial score (nSPS) is 16.9. The third kappa shape index (κ3) is 3.30. The average Bonchev–Trinajstić information content (AvgIpc) is 2.90.